The third kappa shape index (κ3) is 5.55. The van der Waals surface area contributed by atoms with Crippen LogP contribution in [0.5, 0.6) is 0 Å². The molecule has 0 radical (unpaired) electrons. The Labute approximate surface area is 233 Å². The number of likely N-dealkylation sites (tertiary alicyclic amines) is 1. The topological polar surface area (TPSA) is 91.0 Å². The van der Waals surface area contributed by atoms with Crippen molar-refractivity contribution in [2.24, 2.45) is 5.92 Å². The summed E-state index contributed by atoms with van der Waals surface area (Å²) in [6.45, 7) is 1.77. The number of rotatable bonds is 9. The van der Waals surface area contributed by atoms with Crippen molar-refractivity contribution < 1.29 is 9.53 Å². The average molecular weight is 534 g/mol. The molecule has 0 N–H and O–H groups in total. The molecule has 0 unspecified atom stereocenters. The van der Waals surface area contributed by atoms with E-state index in [1.165, 1.54) is 7.11 Å². The van der Waals surface area contributed by atoms with E-state index in [1.807, 2.05) is 101 Å². The summed E-state index contributed by atoms with van der Waals surface area (Å²) in [4.78, 5) is 15.5. The smallest absolute Gasteiger partial charge is 0.323 e. The number of methoxy groups -OCH3 is 1. The van der Waals surface area contributed by atoms with Gasteiger partial charge in [-0.15, -0.1) is 10.2 Å². The van der Waals surface area contributed by atoms with E-state index in [-0.39, 0.29) is 17.9 Å². The van der Waals surface area contributed by atoms with E-state index in [1.54, 1.807) is 0 Å². The standard InChI is InChI=1S/C31H31N7O2/c1-40-31(39)30-26(19-36-21-28(32-34-36)24-13-7-3-8-14-24)17-27(38(30)18-23-11-5-2-6-12-23)20-37-22-29(33-35-37)25-15-9-4-10-16-25/h2-16,21-22,26-27,30H,17-20H2,1H3/t26-,27+,30+/m0/s1. The van der Waals surface area contributed by atoms with Crippen LogP contribution in [0.3, 0.4) is 0 Å². The highest BCUT2D eigenvalue weighted by Gasteiger charge is 2.46. The largest absolute Gasteiger partial charge is 0.468 e. The first kappa shape index (κ1) is 25.6. The molecule has 9 nitrogen and oxygen atoms in total. The van der Waals surface area contributed by atoms with Crippen LogP contribution < -0.4 is 0 Å². The predicted octanol–water partition coefficient (Wildman–Crippen LogP) is 4.34. The molecule has 1 saturated heterocycles. The van der Waals surface area contributed by atoms with Crippen LogP contribution in [0.25, 0.3) is 22.5 Å². The van der Waals surface area contributed by atoms with Crippen LogP contribution in [0.2, 0.25) is 0 Å². The van der Waals surface area contributed by atoms with Crippen molar-refractivity contribution in [3.63, 3.8) is 0 Å². The van der Waals surface area contributed by atoms with Crippen molar-refractivity contribution in [1.82, 2.24) is 34.9 Å². The zero-order chi connectivity index (χ0) is 27.3. The average Bonchev–Trinajstić information content (AvgIpc) is 3.74. The van der Waals surface area contributed by atoms with Crippen molar-refractivity contribution in [1.29, 1.82) is 0 Å². The second kappa shape index (κ2) is 11.6. The normalized spacial score (nSPS) is 19.1. The molecular formula is C31H31N7O2. The Morgan fingerprint density at radius 2 is 1.30 bits per heavy atom. The molecule has 3 atom stereocenters. The summed E-state index contributed by atoms with van der Waals surface area (Å²) in [5.41, 5.74) is 4.80. The van der Waals surface area contributed by atoms with Crippen LogP contribution in [0.15, 0.2) is 103 Å². The first-order chi connectivity index (χ1) is 19.7. The van der Waals surface area contributed by atoms with Gasteiger partial charge < -0.3 is 4.74 Å². The van der Waals surface area contributed by atoms with Gasteiger partial charge in [-0.25, -0.2) is 0 Å². The minimum Gasteiger partial charge on any atom is -0.468 e. The molecule has 1 fully saturated rings. The van der Waals surface area contributed by atoms with E-state index in [4.69, 9.17) is 4.74 Å². The van der Waals surface area contributed by atoms with Crippen LogP contribution in [-0.2, 0) is 29.2 Å². The SMILES string of the molecule is COC(=O)[C@H]1[C@H](Cn2cc(-c3ccccc3)nn2)C[C@H](Cn2cc(-c3ccccc3)nn2)N1Cc1ccccc1. The van der Waals surface area contributed by atoms with Gasteiger partial charge in [-0.1, -0.05) is 101 Å². The Balaban J connectivity index is 1.28. The van der Waals surface area contributed by atoms with Crippen LogP contribution in [0.4, 0.5) is 0 Å². The Morgan fingerprint density at radius 3 is 1.85 bits per heavy atom. The number of ether oxygens (including phenoxy) is 1. The minimum absolute atomic E-state index is 0.0244. The molecule has 9 heteroatoms. The molecule has 3 heterocycles. The highest BCUT2D eigenvalue weighted by Crippen LogP contribution is 2.35. The van der Waals surface area contributed by atoms with Crippen molar-refractivity contribution in [3.05, 3.63) is 109 Å². The molecule has 1 aliphatic heterocycles. The number of carbonyl (C=O) groups is 1. The highest BCUT2D eigenvalue weighted by atomic mass is 16.5. The second-order valence-electron chi connectivity index (χ2n) is 10.2. The van der Waals surface area contributed by atoms with Gasteiger partial charge in [-0.2, -0.15) is 0 Å². The van der Waals surface area contributed by atoms with Gasteiger partial charge in [0.15, 0.2) is 0 Å². The Hall–Kier alpha value is -4.63. The lowest BCUT2D eigenvalue weighted by Gasteiger charge is -2.29. The Kier molecular flexibility index (Phi) is 7.45. The number of esters is 1. The van der Waals surface area contributed by atoms with Gasteiger partial charge in [0, 0.05) is 36.2 Å². The summed E-state index contributed by atoms with van der Waals surface area (Å²) in [7, 11) is 1.46. The first-order valence-corrected chi connectivity index (χ1v) is 13.5. The minimum atomic E-state index is -0.434. The fraction of sp³-hybridized carbons (Fsp3) is 0.258. The van der Waals surface area contributed by atoms with Gasteiger partial charge in [0.2, 0.25) is 0 Å². The molecule has 0 saturated carbocycles. The summed E-state index contributed by atoms with van der Waals surface area (Å²) >= 11 is 0. The van der Waals surface area contributed by atoms with E-state index in [0.717, 1.165) is 34.5 Å². The van der Waals surface area contributed by atoms with Gasteiger partial charge in [0.05, 0.1) is 26.0 Å². The number of nitrogens with zero attached hydrogens (tertiary/aromatic N) is 7. The molecule has 0 bridgehead atoms. The van der Waals surface area contributed by atoms with Crippen molar-refractivity contribution in [2.75, 3.05) is 7.11 Å². The fourth-order valence-corrected chi connectivity index (χ4v) is 5.65. The first-order valence-electron chi connectivity index (χ1n) is 13.5. The molecule has 40 heavy (non-hydrogen) atoms. The summed E-state index contributed by atoms with van der Waals surface area (Å²) < 4.78 is 9.07. The molecular weight excluding hydrogens is 502 g/mol. The molecule has 2 aromatic heterocycles. The number of carbonyl (C=O) groups excluding carboxylic acids is 1. The summed E-state index contributed by atoms with van der Waals surface area (Å²) in [5, 5.41) is 17.6. The Bertz CT molecular complexity index is 1540. The number of aromatic nitrogens is 6. The second-order valence-corrected chi connectivity index (χ2v) is 10.2. The lowest BCUT2D eigenvalue weighted by molar-refractivity contribution is -0.148. The van der Waals surface area contributed by atoms with E-state index < -0.39 is 6.04 Å². The van der Waals surface area contributed by atoms with Crippen molar-refractivity contribution in [3.8, 4) is 22.5 Å². The molecule has 0 amide bonds. The quantitative estimate of drug-likeness (QED) is 0.260. The van der Waals surface area contributed by atoms with Gasteiger partial charge in [0.1, 0.15) is 17.4 Å². The van der Waals surface area contributed by atoms with Crippen LogP contribution in [-0.4, -0.2) is 60.1 Å². The Morgan fingerprint density at radius 1 is 0.775 bits per heavy atom. The lowest BCUT2D eigenvalue weighted by Crippen LogP contribution is -2.44. The number of hydrogen-bond acceptors (Lipinski definition) is 7. The third-order valence-corrected chi connectivity index (χ3v) is 7.53. The van der Waals surface area contributed by atoms with Crippen LogP contribution in [0.1, 0.15) is 12.0 Å². The fourth-order valence-electron chi connectivity index (χ4n) is 5.65. The van der Waals surface area contributed by atoms with Crippen molar-refractivity contribution >= 4 is 5.97 Å². The third-order valence-electron chi connectivity index (χ3n) is 7.53. The van der Waals surface area contributed by atoms with E-state index >= 15 is 0 Å². The summed E-state index contributed by atoms with van der Waals surface area (Å²) in [6, 6.07) is 29.8. The maximum absolute atomic E-state index is 13.3. The molecule has 3 aromatic carbocycles. The summed E-state index contributed by atoms with van der Waals surface area (Å²) in [6.07, 6.45) is 4.69. The molecule has 202 valence electrons. The van der Waals surface area contributed by atoms with E-state index in [2.05, 4.69) is 37.7 Å². The zero-order valence-corrected chi connectivity index (χ0v) is 22.3. The molecule has 5 aromatic rings. The van der Waals surface area contributed by atoms with E-state index in [9.17, 15) is 4.79 Å². The van der Waals surface area contributed by atoms with Gasteiger partial charge >= 0.3 is 5.97 Å². The summed E-state index contributed by atoms with van der Waals surface area (Å²) in [5.74, 6) is -0.265. The molecule has 6 rings (SSSR count). The maximum Gasteiger partial charge on any atom is 0.323 e. The number of hydrogen-bond donors (Lipinski definition) is 0. The monoisotopic (exact) mass is 533 g/mol. The lowest BCUT2D eigenvalue weighted by atomic mass is 9.98. The predicted molar refractivity (Wildman–Crippen MR) is 151 cm³/mol. The van der Waals surface area contributed by atoms with Crippen LogP contribution >= 0.6 is 0 Å². The van der Waals surface area contributed by atoms with Gasteiger partial charge in [0.25, 0.3) is 0 Å². The molecule has 0 spiro atoms. The molecule has 1 aliphatic rings. The van der Waals surface area contributed by atoms with Gasteiger partial charge in [-0.3, -0.25) is 19.1 Å². The zero-order valence-electron chi connectivity index (χ0n) is 22.3. The van der Waals surface area contributed by atoms with Gasteiger partial charge in [-0.05, 0) is 12.0 Å². The molecule has 0 aliphatic carbocycles. The number of benzene rings is 3. The highest BCUT2D eigenvalue weighted by molar-refractivity contribution is 5.76. The van der Waals surface area contributed by atoms with Crippen molar-refractivity contribution in [2.45, 2.75) is 38.1 Å². The van der Waals surface area contributed by atoms with Crippen LogP contribution in [0, 0.1) is 5.92 Å². The maximum atomic E-state index is 13.3. The van der Waals surface area contributed by atoms with E-state index in [0.29, 0.717) is 19.6 Å².